The third-order valence-corrected chi connectivity index (χ3v) is 3.40. The summed E-state index contributed by atoms with van der Waals surface area (Å²) in [5, 5.41) is 3.69. The maximum absolute atomic E-state index is 6.18. The fraction of sp³-hybridized carbons (Fsp3) is 0.667. The third kappa shape index (κ3) is 3.03. The van der Waals surface area contributed by atoms with Gasteiger partial charge in [0.2, 0.25) is 5.95 Å². The Balaban J connectivity index is 2.16. The molecule has 1 aromatic heterocycles. The van der Waals surface area contributed by atoms with Gasteiger partial charge in [-0.25, -0.2) is 4.98 Å². The second-order valence-corrected chi connectivity index (χ2v) is 4.76. The SMILES string of the molecule is CCNc1ncc(Cl)c(N(C)C2CCOCC2)n1. The predicted molar refractivity (Wildman–Crippen MR) is 73.4 cm³/mol. The molecule has 5 nitrogen and oxygen atoms in total. The minimum Gasteiger partial charge on any atom is -0.381 e. The van der Waals surface area contributed by atoms with E-state index in [9.17, 15) is 0 Å². The molecule has 2 heterocycles. The zero-order valence-electron chi connectivity index (χ0n) is 10.8. The van der Waals surface area contributed by atoms with Gasteiger partial charge < -0.3 is 15.0 Å². The molecule has 0 amide bonds. The molecule has 100 valence electrons. The van der Waals surface area contributed by atoms with E-state index in [1.165, 1.54) is 0 Å². The van der Waals surface area contributed by atoms with Crippen LogP contribution in [0.3, 0.4) is 0 Å². The Hall–Kier alpha value is -1.07. The van der Waals surface area contributed by atoms with E-state index in [4.69, 9.17) is 16.3 Å². The van der Waals surface area contributed by atoms with E-state index in [2.05, 4.69) is 20.2 Å². The summed E-state index contributed by atoms with van der Waals surface area (Å²) in [5.41, 5.74) is 0. The van der Waals surface area contributed by atoms with E-state index >= 15 is 0 Å². The van der Waals surface area contributed by atoms with Crippen molar-refractivity contribution < 1.29 is 4.74 Å². The lowest BCUT2D eigenvalue weighted by atomic mass is 10.1. The predicted octanol–water partition coefficient (Wildman–Crippen LogP) is 2.18. The molecule has 0 aromatic carbocycles. The van der Waals surface area contributed by atoms with E-state index < -0.39 is 0 Å². The van der Waals surface area contributed by atoms with Gasteiger partial charge in [-0.2, -0.15) is 4.98 Å². The Bertz CT molecular complexity index is 396. The van der Waals surface area contributed by atoms with Gasteiger partial charge >= 0.3 is 0 Å². The molecule has 1 fully saturated rings. The van der Waals surface area contributed by atoms with Crippen LogP contribution < -0.4 is 10.2 Å². The fourth-order valence-corrected chi connectivity index (χ4v) is 2.32. The van der Waals surface area contributed by atoms with Gasteiger partial charge in [0.15, 0.2) is 5.82 Å². The Morgan fingerprint density at radius 3 is 2.89 bits per heavy atom. The van der Waals surface area contributed by atoms with Crippen molar-refractivity contribution in [3.05, 3.63) is 11.2 Å². The highest BCUT2D eigenvalue weighted by Gasteiger charge is 2.21. The average Bonchev–Trinajstić information content (AvgIpc) is 2.41. The summed E-state index contributed by atoms with van der Waals surface area (Å²) in [6.07, 6.45) is 3.67. The first-order valence-electron chi connectivity index (χ1n) is 6.29. The fourth-order valence-electron chi connectivity index (χ4n) is 2.09. The number of rotatable bonds is 4. The zero-order chi connectivity index (χ0) is 13.0. The lowest BCUT2D eigenvalue weighted by Crippen LogP contribution is -2.37. The minimum atomic E-state index is 0.431. The van der Waals surface area contributed by atoms with Crippen LogP contribution in [-0.4, -0.2) is 42.8 Å². The van der Waals surface area contributed by atoms with Crippen LogP contribution in [0.25, 0.3) is 0 Å². The van der Waals surface area contributed by atoms with E-state index in [0.29, 0.717) is 17.0 Å². The maximum atomic E-state index is 6.18. The standard InChI is InChI=1S/C12H19ClN4O/c1-3-14-12-15-8-10(13)11(16-12)17(2)9-4-6-18-7-5-9/h8-9H,3-7H2,1-2H3,(H,14,15,16). The highest BCUT2D eigenvalue weighted by molar-refractivity contribution is 6.32. The lowest BCUT2D eigenvalue weighted by molar-refractivity contribution is 0.0853. The molecular weight excluding hydrogens is 252 g/mol. The van der Waals surface area contributed by atoms with Gasteiger partial charge in [0.05, 0.1) is 6.20 Å². The van der Waals surface area contributed by atoms with Crippen LogP contribution in [0, 0.1) is 0 Å². The van der Waals surface area contributed by atoms with Crippen molar-refractivity contribution in [2.45, 2.75) is 25.8 Å². The van der Waals surface area contributed by atoms with Gasteiger partial charge in [-0.15, -0.1) is 0 Å². The molecule has 0 spiro atoms. The van der Waals surface area contributed by atoms with Crippen LogP contribution in [0.2, 0.25) is 5.02 Å². The van der Waals surface area contributed by atoms with Crippen molar-refractivity contribution in [2.75, 3.05) is 37.0 Å². The molecular formula is C12H19ClN4O. The number of anilines is 2. The van der Waals surface area contributed by atoms with Crippen molar-refractivity contribution in [1.82, 2.24) is 9.97 Å². The molecule has 0 aliphatic carbocycles. The van der Waals surface area contributed by atoms with Gasteiger partial charge in [0.1, 0.15) is 5.02 Å². The number of ether oxygens (including phenoxy) is 1. The smallest absolute Gasteiger partial charge is 0.224 e. The van der Waals surface area contributed by atoms with Gasteiger partial charge in [-0.3, -0.25) is 0 Å². The number of hydrogen-bond donors (Lipinski definition) is 1. The number of hydrogen-bond acceptors (Lipinski definition) is 5. The minimum absolute atomic E-state index is 0.431. The molecule has 0 unspecified atom stereocenters. The summed E-state index contributed by atoms with van der Waals surface area (Å²) < 4.78 is 5.37. The van der Waals surface area contributed by atoms with Crippen LogP contribution >= 0.6 is 11.6 Å². The Morgan fingerprint density at radius 1 is 1.50 bits per heavy atom. The van der Waals surface area contributed by atoms with Gasteiger partial charge in [-0.1, -0.05) is 11.6 Å². The topological polar surface area (TPSA) is 50.3 Å². The van der Waals surface area contributed by atoms with Gasteiger partial charge in [-0.05, 0) is 19.8 Å². The molecule has 0 atom stereocenters. The van der Waals surface area contributed by atoms with Crippen LogP contribution in [0.5, 0.6) is 0 Å². The molecule has 0 bridgehead atoms. The summed E-state index contributed by atoms with van der Waals surface area (Å²) in [5.74, 6) is 1.41. The summed E-state index contributed by atoms with van der Waals surface area (Å²) in [7, 11) is 2.03. The quantitative estimate of drug-likeness (QED) is 0.909. The first kappa shape index (κ1) is 13.4. The highest BCUT2D eigenvalue weighted by Crippen LogP contribution is 2.27. The van der Waals surface area contributed by atoms with Gasteiger partial charge in [0, 0.05) is 32.8 Å². The van der Waals surface area contributed by atoms with Crippen molar-refractivity contribution in [3.63, 3.8) is 0 Å². The molecule has 1 saturated heterocycles. The van der Waals surface area contributed by atoms with E-state index in [-0.39, 0.29) is 0 Å². The molecule has 2 rings (SSSR count). The van der Waals surface area contributed by atoms with Crippen molar-refractivity contribution >= 4 is 23.4 Å². The zero-order valence-corrected chi connectivity index (χ0v) is 11.6. The van der Waals surface area contributed by atoms with Crippen LogP contribution in [0.1, 0.15) is 19.8 Å². The number of nitrogens with one attached hydrogen (secondary N) is 1. The first-order valence-corrected chi connectivity index (χ1v) is 6.67. The Morgan fingerprint density at radius 2 is 2.22 bits per heavy atom. The third-order valence-electron chi connectivity index (χ3n) is 3.13. The molecule has 18 heavy (non-hydrogen) atoms. The summed E-state index contributed by atoms with van der Waals surface area (Å²) in [6, 6.07) is 0.431. The average molecular weight is 271 g/mol. The molecule has 1 N–H and O–H groups in total. The van der Waals surface area contributed by atoms with Crippen molar-refractivity contribution in [3.8, 4) is 0 Å². The number of aromatic nitrogens is 2. The van der Waals surface area contributed by atoms with E-state index in [1.54, 1.807) is 6.20 Å². The monoisotopic (exact) mass is 270 g/mol. The summed E-state index contributed by atoms with van der Waals surface area (Å²) in [6.45, 7) is 4.41. The van der Waals surface area contributed by atoms with E-state index in [1.807, 2.05) is 14.0 Å². The normalized spacial score (nSPS) is 16.6. The molecule has 0 saturated carbocycles. The lowest BCUT2D eigenvalue weighted by Gasteiger charge is -2.32. The maximum Gasteiger partial charge on any atom is 0.224 e. The van der Waals surface area contributed by atoms with Crippen molar-refractivity contribution in [1.29, 1.82) is 0 Å². The van der Waals surface area contributed by atoms with Crippen LogP contribution in [0.15, 0.2) is 6.20 Å². The van der Waals surface area contributed by atoms with Gasteiger partial charge in [0.25, 0.3) is 0 Å². The molecule has 6 heteroatoms. The molecule has 0 radical (unpaired) electrons. The molecule has 1 aliphatic heterocycles. The summed E-state index contributed by atoms with van der Waals surface area (Å²) in [4.78, 5) is 10.8. The largest absolute Gasteiger partial charge is 0.381 e. The molecule has 1 aliphatic rings. The Kier molecular flexibility index (Phi) is 4.60. The second kappa shape index (κ2) is 6.20. The summed E-state index contributed by atoms with van der Waals surface area (Å²) >= 11 is 6.18. The van der Waals surface area contributed by atoms with Crippen LogP contribution in [-0.2, 0) is 4.74 Å². The Labute approximate surface area is 113 Å². The first-order chi connectivity index (χ1) is 8.72. The number of halogens is 1. The molecule has 1 aromatic rings. The second-order valence-electron chi connectivity index (χ2n) is 4.35. The number of nitrogens with zero attached hydrogens (tertiary/aromatic N) is 3. The highest BCUT2D eigenvalue weighted by atomic mass is 35.5. The van der Waals surface area contributed by atoms with E-state index in [0.717, 1.165) is 38.4 Å². The van der Waals surface area contributed by atoms with Crippen molar-refractivity contribution in [2.24, 2.45) is 0 Å². The van der Waals surface area contributed by atoms with Crippen LogP contribution in [0.4, 0.5) is 11.8 Å².